The fourth-order valence-corrected chi connectivity index (χ4v) is 2.47. The van der Waals surface area contributed by atoms with Crippen LogP contribution in [0.2, 0.25) is 0 Å². The predicted octanol–water partition coefficient (Wildman–Crippen LogP) is 1.82. The van der Waals surface area contributed by atoms with E-state index < -0.39 is 0 Å². The van der Waals surface area contributed by atoms with Gasteiger partial charge in [0.25, 0.3) is 0 Å². The summed E-state index contributed by atoms with van der Waals surface area (Å²) >= 11 is 3.50. The number of anilines is 1. The minimum absolute atomic E-state index is 0.274. The molecule has 1 fully saturated rings. The van der Waals surface area contributed by atoms with Crippen LogP contribution in [0.5, 0.6) is 0 Å². The summed E-state index contributed by atoms with van der Waals surface area (Å²) in [6, 6.07) is 0. The molecular weight excluding hydrogens is 268 g/mol. The lowest BCUT2D eigenvalue weighted by molar-refractivity contribution is 0.304. The molecule has 1 aromatic rings. The Morgan fingerprint density at radius 2 is 2.12 bits per heavy atom. The van der Waals surface area contributed by atoms with Crippen molar-refractivity contribution in [1.82, 2.24) is 15.3 Å². The first-order chi connectivity index (χ1) is 7.64. The van der Waals surface area contributed by atoms with Crippen molar-refractivity contribution in [3.8, 4) is 0 Å². The molecule has 0 amide bonds. The van der Waals surface area contributed by atoms with E-state index in [9.17, 15) is 0 Å². The van der Waals surface area contributed by atoms with Crippen molar-refractivity contribution in [1.29, 1.82) is 0 Å². The number of nitrogens with one attached hydrogen (secondary N) is 1. The largest absolute Gasteiger partial charge is 0.355 e. The SMILES string of the molecule is CNC1(C)CCN(c2ncncc2Br)CC1. The summed E-state index contributed by atoms with van der Waals surface area (Å²) in [6.45, 7) is 4.35. The zero-order valence-corrected chi connectivity index (χ0v) is 11.3. The first-order valence-electron chi connectivity index (χ1n) is 5.54. The van der Waals surface area contributed by atoms with E-state index in [0.29, 0.717) is 0 Å². The van der Waals surface area contributed by atoms with E-state index >= 15 is 0 Å². The number of hydrogen-bond acceptors (Lipinski definition) is 4. The second-order valence-corrected chi connectivity index (χ2v) is 5.35. The molecule has 0 bridgehead atoms. The van der Waals surface area contributed by atoms with Crippen LogP contribution in [0.3, 0.4) is 0 Å². The molecule has 0 aromatic carbocycles. The van der Waals surface area contributed by atoms with Crippen molar-refractivity contribution in [3.63, 3.8) is 0 Å². The topological polar surface area (TPSA) is 41.0 Å². The molecule has 0 spiro atoms. The minimum Gasteiger partial charge on any atom is -0.355 e. The van der Waals surface area contributed by atoms with Gasteiger partial charge in [-0.15, -0.1) is 0 Å². The van der Waals surface area contributed by atoms with Gasteiger partial charge in [-0.25, -0.2) is 9.97 Å². The minimum atomic E-state index is 0.274. The van der Waals surface area contributed by atoms with E-state index in [1.807, 2.05) is 7.05 Å². The molecule has 4 nitrogen and oxygen atoms in total. The Hall–Kier alpha value is -0.680. The molecule has 1 aromatic heterocycles. The second-order valence-electron chi connectivity index (χ2n) is 4.49. The first kappa shape index (κ1) is 11.8. The van der Waals surface area contributed by atoms with Crippen LogP contribution in [0.15, 0.2) is 17.0 Å². The summed E-state index contributed by atoms with van der Waals surface area (Å²) in [4.78, 5) is 10.6. The van der Waals surface area contributed by atoms with Crippen molar-refractivity contribution < 1.29 is 0 Å². The number of piperidine rings is 1. The molecule has 88 valence electrons. The monoisotopic (exact) mass is 284 g/mol. The quantitative estimate of drug-likeness (QED) is 0.900. The van der Waals surface area contributed by atoms with Crippen molar-refractivity contribution in [3.05, 3.63) is 17.0 Å². The molecule has 0 aliphatic carbocycles. The summed E-state index contributed by atoms with van der Waals surface area (Å²) in [5.41, 5.74) is 0.274. The van der Waals surface area contributed by atoms with Crippen LogP contribution < -0.4 is 10.2 Å². The number of aromatic nitrogens is 2. The molecule has 0 radical (unpaired) electrons. The van der Waals surface area contributed by atoms with Crippen LogP contribution in [-0.4, -0.2) is 35.6 Å². The normalized spacial score (nSPS) is 19.8. The van der Waals surface area contributed by atoms with E-state index in [-0.39, 0.29) is 5.54 Å². The molecular formula is C11H17BrN4. The van der Waals surface area contributed by atoms with Crippen molar-refractivity contribution in [2.45, 2.75) is 25.3 Å². The van der Waals surface area contributed by atoms with Gasteiger partial charge in [-0.2, -0.15) is 0 Å². The van der Waals surface area contributed by atoms with Gasteiger partial charge < -0.3 is 10.2 Å². The number of halogens is 1. The highest BCUT2D eigenvalue weighted by Gasteiger charge is 2.29. The highest BCUT2D eigenvalue weighted by molar-refractivity contribution is 9.10. The Balaban J connectivity index is 2.07. The second kappa shape index (κ2) is 4.67. The lowest BCUT2D eigenvalue weighted by Gasteiger charge is -2.40. The lowest BCUT2D eigenvalue weighted by Crippen LogP contribution is -2.50. The summed E-state index contributed by atoms with van der Waals surface area (Å²) < 4.78 is 0.975. The average Bonchev–Trinajstić information content (AvgIpc) is 2.31. The Morgan fingerprint density at radius 1 is 1.44 bits per heavy atom. The van der Waals surface area contributed by atoms with E-state index in [4.69, 9.17) is 0 Å². The lowest BCUT2D eigenvalue weighted by atomic mass is 9.90. The van der Waals surface area contributed by atoms with Gasteiger partial charge >= 0.3 is 0 Å². The third kappa shape index (κ3) is 2.35. The number of hydrogen-bond donors (Lipinski definition) is 1. The molecule has 16 heavy (non-hydrogen) atoms. The fourth-order valence-electron chi connectivity index (χ4n) is 2.00. The Morgan fingerprint density at radius 3 is 2.69 bits per heavy atom. The predicted molar refractivity (Wildman–Crippen MR) is 68.6 cm³/mol. The maximum absolute atomic E-state index is 4.32. The third-order valence-corrected chi connectivity index (χ3v) is 3.98. The zero-order valence-electron chi connectivity index (χ0n) is 9.70. The van der Waals surface area contributed by atoms with Crippen LogP contribution in [-0.2, 0) is 0 Å². The third-order valence-electron chi connectivity index (χ3n) is 3.42. The van der Waals surface area contributed by atoms with Crippen LogP contribution >= 0.6 is 15.9 Å². The summed E-state index contributed by atoms with van der Waals surface area (Å²) in [7, 11) is 2.04. The molecule has 0 atom stereocenters. The summed E-state index contributed by atoms with van der Waals surface area (Å²) in [5.74, 6) is 1.01. The Bertz CT molecular complexity index is 361. The van der Waals surface area contributed by atoms with Gasteiger partial charge in [0.1, 0.15) is 12.1 Å². The molecule has 2 heterocycles. The average molecular weight is 285 g/mol. The highest BCUT2D eigenvalue weighted by Crippen LogP contribution is 2.28. The van der Waals surface area contributed by atoms with Crippen LogP contribution in [0.25, 0.3) is 0 Å². The van der Waals surface area contributed by atoms with Crippen molar-refractivity contribution in [2.24, 2.45) is 0 Å². The van der Waals surface area contributed by atoms with Gasteiger partial charge in [-0.1, -0.05) is 0 Å². The molecule has 0 unspecified atom stereocenters. The summed E-state index contributed by atoms with van der Waals surface area (Å²) in [5, 5.41) is 3.40. The Labute approximate surface area is 105 Å². The van der Waals surface area contributed by atoms with Gasteiger partial charge in [0.05, 0.1) is 4.47 Å². The number of rotatable bonds is 2. The smallest absolute Gasteiger partial charge is 0.146 e. The van der Waals surface area contributed by atoms with Gasteiger partial charge in [0.15, 0.2) is 0 Å². The molecule has 5 heteroatoms. The van der Waals surface area contributed by atoms with E-state index in [0.717, 1.165) is 36.2 Å². The highest BCUT2D eigenvalue weighted by atomic mass is 79.9. The fraction of sp³-hybridized carbons (Fsp3) is 0.636. The van der Waals surface area contributed by atoms with Crippen molar-refractivity contribution in [2.75, 3.05) is 25.0 Å². The van der Waals surface area contributed by atoms with Gasteiger partial charge in [0, 0.05) is 24.8 Å². The zero-order chi connectivity index (χ0) is 11.6. The molecule has 1 aliphatic heterocycles. The van der Waals surface area contributed by atoms with Gasteiger partial charge in [0.2, 0.25) is 0 Å². The van der Waals surface area contributed by atoms with Crippen molar-refractivity contribution >= 4 is 21.7 Å². The van der Waals surface area contributed by atoms with E-state index in [1.165, 1.54) is 0 Å². The Kier molecular flexibility index (Phi) is 3.44. The van der Waals surface area contributed by atoms with E-state index in [2.05, 4.69) is 43.0 Å². The van der Waals surface area contributed by atoms with Crippen LogP contribution in [0, 0.1) is 0 Å². The number of nitrogens with zero attached hydrogens (tertiary/aromatic N) is 3. The standard InChI is InChI=1S/C11H17BrN4/c1-11(13-2)3-5-16(6-4-11)10-9(12)7-14-8-15-10/h7-8,13H,3-6H2,1-2H3. The van der Waals surface area contributed by atoms with Crippen LogP contribution in [0.4, 0.5) is 5.82 Å². The van der Waals surface area contributed by atoms with E-state index in [1.54, 1.807) is 12.5 Å². The first-order valence-corrected chi connectivity index (χ1v) is 6.33. The van der Waals surface area contributed by atoms with Gasteiger partial charge in [-0.05, 0) is 42.7 Å². The maximum atomic E-state index is 4.32. The molecule has 0 saturated carbocycles. The van der Waals surface area contributed by atoms with Crippen LogP contribution in [0.1, 0.15) is 19.8 Å². The summed E-state index contributed by atoms with van der Waals surface area (Å²) in [6.07, 6.45) is 5.68. The molecule has 1 saturated heterocycles. The molecule has 1 aliphatic rings. The molecule has 1 N–H and O–H groups in total. The van der Waals surface area contributed by atoms with Gasteiger partial charge in [-0.3, -0.25) is 0 Å². The maximum Gasteiger partial charge on any atom is 0.146 e. The molecule has 2 rings (SSSR count).